The molecule has 0 heterocycles. The van der Waals surface area contributed by atoms with Crippen LogP contribution < -0.4 is 10.5 Å². The molecule has 0 saturated heterocycles. The van der Waals surface area contributed by atoms with Crippen molar-refractivity contribution >= 4 is 15.9 Å². The molecule has 0 radical (unpaired) electrons. The minimum Gasteiger partial charge on any atom is -0.496 e. The number of nitrogens with two attached hydrogens (primary N) is 1. The number of hydrogen-bond acceptors (Lipinski definition) is 2. The summed E-state index contributed by atoms with van der Waals surface area (Å²) in [6.07, 6.45) is 2.98. The molecule has 2 rings (SSSR count). The van der Waals surface area contributed by atoms with Crippen LogP contribution in [-0.4, -0.2) is 13.7 Å². The Balaban J connectivity index is 2.56. The summed E-state index contributed by atoms with van der Waals surface area (Å²) in [5, 5.41) is 0. The highest BCUT2D eigenvalue weighted by molar-refractivity contribution is 9.10. The minimum absolute atomic E-state index is 0.223. The summed E-state index contributed by atoms with van der Waals surface area (Å²) in [4.78, 5) is 0. The Morgan fingerprint density at radius 2 is 2.19 bits per heavy atom. The lowest BCUT2D eigenvalue weighted by Crippen LogP contribution is -2.42. The summed E-state index contributed by atoms with van der Waals surface area (Å²) in [5.41, 5.74) is 6.22. The van der Waals surface area contributed by atoms with Gasteiger partial charge in [-0.15, -0.1) is 0 Å². The van der Waals surface area contributed by atoms with E-state index in [4.69, 9.17) is 10.5 Å². The first-order valence-electron chi connectivity index (χ1n) is 5.37. The number of ether oxygens (including phenoxy) is 1. The van der Waals surface area contributed by atoms with Gasteiger partial charge >= 0.3 is 0 Å². The van der Waals surface area contributed by atoms with Crippen molar-refractivity contribution in [1.29, 1.82) is 0 Å². The zero-order valence-electron chi connectivity index (χ0n) is 9.22. The summed E-state index contributed by atoms with van der Waals surface area (Å²) >= 11 is 3.21. The molecule has 0 unspecified atom stereocenters. The number of halogens is 2. The molecule has 0 atom stereocenters. The maximum absolute atomic E-state index is 14.2. The van der Waals surface area contributed by atoms with Crippen LogP contribution in [0.3, 0.4) is 0 Å². The Hall–Kier alpha value is -0.610. The average Bonchev–Trinajstić information content (AvgIpc) is 2.23. The van der Waals surface area contributed by atoms with E-state index in [1.165, 1.54) is 0 Å². The summed E-state index contributed by atoms with van der Waals surface area (Å²) in [7, 11) is 1.56. The van der Waals surface area contributed by atoms with Crippen LogP contribution in [0.5, 0.6) is 5.75 Å². The van der Waals surface area contributed by atoms with Gasteiger partial charge in [0, 0.05) is 17.5 Å². The van der Waals surface area contributed by atoms with Crippen LogP contribution in [0, 0.1) is 5.82 Å². The van der Waals surface area contributed by atoms with Crippen molar-refractivity contribution in [3.8, 4) is 5.75 Å². The second kappa shape index (κ2) is 4.34. The van der Waals surface area contributed by atoms with Crippen molar-refractivity contribution in [1.82, 2.24) is 0 Å². The van der Waals surface area contributed by atoms with Gasteiger partial charge < -0.3 is 10.5 Å². The van der Waals surface area contributed by atoms with E-state index in [2.05, 4.69) is 15.9 Å². The first-order chi connectivity index (χ1) is 7.64. The molecule has 2 N–H and O–H groups in total. The van der Waals surface area contributed by atoms with Crippen molar-refractivity contribution in [2.45, 2.75) is 24.7 Å². The normalized spacial score (nSPS) is 18.0. The highest BCUT2D eigenvalue weighted by Gasteiger charge is 2.42. The summed E-state index contributed by atoms with van der Waals surface area (Å²) < 4.78 is 19.9. The fourth-order valence-corrected chi connectivity index (χ4v) is 2.69. The maximum Gasteiger partial charge on any atom is 0.144 e. The van der Waals surface area contributed by atoms with Gasteiger partial charge in [0.1, 0.15) is 11.6 Å². The van der Waals surface area contributed by atoms with E-state index < -0.39 is 0 Å². The van der Waals surface area contributed by atoms with E-state index in [1.54, 1.807) is 19.2 Å². The van der Waals surface area contributed by atoms with Crippen molar-refractivity contribution < 1.29 is 9.13 Å². The molecule has 1 aromatic rings. The van der Waals surface area contributed by atoms with Gasteiger partial charge in [-0.2, -0.15) is 0 Å². The third kappa shape index (κ3) is 1.64. The van der Waals surface area contributed by atoms with Gasteiger partial charge in [0.25, 0.3) is 0 Å². The van der Waals surface area contributed by atoms with Gasteiger partial charge in [0.15, 0.2) is 0 Å². The smallest absolute Gasteiger partial charge is 0.144 e. The van der Waals surface area contributed by atoms with Crippen LogP contribution in [0.15, 0.2) is 16.6 Å². The first kappa shape index (κ1) is 11.9. The molecule has 1 aromatic carbocycles. The van der Waals surface area contributed by atoms with Crippen molar-refractivity contribution in [3.05, 3.63) is 28.0 Å². The molecule has 2 nitrogen and oxygen atoms in total. The predicted molar refractivity (Wildman–Crippen MR) is 65.2 cm³/mol. The van der Waals surface area contributed by atoms with Gasteiger partial charge in [-0.05, 0) is 40.9 Å². The van der Waals surface area contributed by atoms with Gasteiger partial charge in [0.05, 0.1) is 11.6 Å². The van der Waals surface area contributed by atoms with Crippen molar-refractivity contribution in [2.24, 2.45) is 5.73 Å². The molecule has 0 bridgehead atoms. The topological polar surface area (TPSA) is 35.2 Å². The number of hydrogen-bond donors (Lipinski definition) is 1. The molecule has 1 aliphatic carbocycles. The van der Waals surface area contributed by atoms with Gasteiger partial charge in [-0.1, -0.05) is 6.42 Å². The third-order valence-electron chi connectivity index (χ3n) is 3.51. The molecular formula is C12H15BrFNO. The van der Waals surface area contributed by atoms with E-state index >= 15 is 0 Å². The predicted octanol–water partition coefficient (Wildman–Crippen LogP) is 2.98. The van der Waals surface area contributed by atoms with Gasteiger partial charge in [0.2, 0.25) is 0 Å². The molecule has 1 saturated carbocycles. The fraction of sp³-hybridized carbons (Fsp3) is 0.500. The molecule has 0 aliphatic heterocycles. The molecule has 16 heavy (non-hydrogen) atoms. The Kier molecular flexibility index (Phi) is 3.22. The van der Waals surface area contributed by atoms with Crippen LogP contribution in [-0.2, 0) is 5.41 Å². The lowest BCUT2D eigenvalue weighted by Gasteiger charge is -2.42. The van der Waals surface area contributed by atoms with E-state index in [1.807, 2.05) is 0 Å². The van der Waals surface area contributed by atoms with Crippen LogP contribution in [0.2, 0.25) is 0 Å². The summed E-state index contributed by atoms with van der Waals surface area (Å²) in [6.45, 7) is 0.469. The maximum atomic E-state index is 14.2. The molecule has 1 aliphatic rings. The minimum atomic E-state index is -0.232. The largest absolute Gasteiger partial charge is 0.496 e. The number of benzene rings is 1. The Bertz CT molecular complexity index is 399. The fourth-order valence-electron chi connectivity index (χ4n) is 2.36. The summed E-state index contributed by atoms with van der Waals surface area (Å²) in [6, 6.07) is 3.46. The molecule has 1 fully saturated rings. The highest BCUT2D eigenvalue weighted by atomic mass is 79.9. The molecule has 88 valence electrons. The van der Waals surface area contributed by atoms with E-state index in [-0.39, 0.29) is 11.2 Å². The Morgan fingerprint density at radius 1 is 1.50 bits per heavy atom. The lowest BCUT2D eigenvalue weighted by atomic mass is 9.64. The monoisotopic (exact) mass is 287 g/mol. The van der Waals surface area contributed by atoms with Crippen LogP contribution in [0.4, 0.5) is 4.39 Å². The Labute approximate surface area is 103 Å². The quantitative estimate of drug-likeness (QED) is 0.928. The van der Waals surface area contributed by atoms with E-state index in [9.17, 15) is 4.39 Å². The van der Waals surface area contributed by atoms with Crippen molar-refractivity contribution in [3.63, 3.8) is 0 Å². The van der Waals surface area contributed by atoms with Crippen LogP contribution in [0.25, 0.3) is 0 Å². The molecular weight excluding hydrogens is 273 g/mol. The molecule has 0 spiro atoms. The number of methoxy groups -OCH3 is 1. The Morgan fingerprint density at radius 3 is 2.62 bits per heavy atom. The number of rotatable bonds is 3. The zero-order chi connectivity index (χ0) is 11.8. The average molecular weight is 288 g/mol. The van der Waals surface area contributed by atoms with E-state index in [0.717, 1.165) is 19.3 Å². The third-order valence-corrected chi connectivity index (χ3v) is 4.12. The second-order valence-corrected chi connectivity index (χ2v) is 5.13. The van der Waals surface area contributed by atoms with Crippen molar-refractivity contribution in [2.75, 3.05) is 13.7 Å². The summed E-state index contributed by atoms with van der Waals surface area (Å²) in [5.74, 6) is 0.371. The van der Waals surface area contributed by atoms with E-state index in [0.29, 0.717) is 22.3 Å². The molecule has 4 heteroatoms. The molecule has 0 aromatic heterocycles. The van der Waals surface area contributed by atoms with Gasteiger partial charge in [-0.3, -0.25) is 0 Å². The SMILES string of the molecule is COc1ccc(Br)c(F)c1C1(CN)CCC1. The van der Waals surface area contributed by atoms with Crippen LogP contribution in [0.1, 0.15) is 24.8 Å². The zero-order valence-corrected chi connectivity index (χ0v) is 10.8. The molecule has 0 amide bonds. The first-order valence-corrected chi connectivity index (χ1v) is 6.16. The van der Waals surface area contributed by atoms with Gasteiger partial charge in [-0.25, -0.2) is 4.39 Å². The highest BCUT2D eigenvalue weighted by Crippen LogP contribution is 2.48. The van der Waals surface area contributed by atoms with Crippen LogP contribution >= 0.6 is 15.9 Å². The second-order valence-electron chi connectivity index (χ2n) is 4.28. The lowest BCUT2D eigenvalue weighted by molar-refractivity contribution is 0.234. The standard InChI is InChI=1S/C12H15BrFNO/c1-16-9-4-3-8(13)11(14)10(9)12(7-15)5-2-6-12/h3-4H,2,5-7,15H2,1H3.